The first-order chi connectivity index (χ1) is 6.78. The average molecular weight is 345 g/mol. The quantitative estimate of drug-likeness (QED) is 0.794. The maximum absolute atomic E-state index is 11.8. The maximum atomic E-state index is 11.8. The fourth-order valence-corrected chi connectivity index (χ4v) is 3.04. The van der Waals surface area contributed by atoms with Gasteiger partial charge in [-0.25, -0.2) is 8.96 Å². The summed E-state index contributed by atoms with van der Waals surface area (Å²) in [5, 5.41) is 9.47. The second kappa shape index (κ2) is 4.36. The van der Waals surface area contributed by atoms with Gasteiger partial charge in [-0.1, -0.05) is 0 Å². The zero-order valence-corrected chi connectivity index (χ0v) is 11.5. The maximum Gasteiger partial charge on any atom is 0.308 e. The highest BCUT2D eigenvalue weighted by Crippen LogP contribution is 2.20. The molecular formula is C7H12IN3O3S. The predicted octanol–water partition coefficient (Wildman–Crippen LogP) is 0.196. The minimum Gasteiger partial charge on any atom is -0.387 e. The summed E-state index contributed by atoms with van der Waals surface area (Å²) in [6.45, 7) is 1.50. The van der Waals surface area contributed by atoms with Crippen LogP contribution in [0.25, 0.3) is 0 Å². The van der Waals surface area contributed by atoms with Crippen LogP contribution in [0.2, 0.25) is 0 Å². The van der Waals surface area contributed by atoms with Gasteiger partial charge in [0.1, 0.15) is 10.0 Å². The molecule has 1 unspecified atom stereocenters. The number of imidazole rings is 1. The van der Waals surface area contributed by atoms with E-state index >= 15 is 0 Å². The molecule has 0 aromatic carbocycles. The molecule has 0 saturated heterocycles. The van der Waals surface area contributed by atoms with E-state index in [4.69, 9.17) is 0 Å². The van der Waals surface area contributed by atoms with Crippen LogP contribution in [0.4, 0.5) is 0 Å². The summed E-state index contributed by atoms with van der Waals surface area (Å²) in [5.41, 5.74) is 0.282. The molecule has 0 saturated carbocycles. The van der Waals surface area contributed by atoms with Crippen molar-refractivity contribution in [2.24, 2.45) is 0 Å². The molecule has 0 aliphatic carbocycles. The summed E-state index contributed by atoms with van der Waals surface area (Å²) in [6.07, 6.45) is 0.313. The first-order valence-corrected chi connectivity index (χ1v) is 6.60. The van der Waals surface area contributed by atoms with Gasteiger partial charge in [0.05, 0.1) is 11.8 Å². The molecule has 0 fully saturated rings. The molecule has 0 amide bonds. The highest BCUT2D eigenvalue weighted by atomic mass is 127. The van der Waals surface area contributed by atoms with E-state index in [1.807, 2.05) is 22.6 Å². The predicted molar refractivity (Wildman–Crippen MR) is 63.6 cm³/mol. The van der Waals surface area contributed by atoms with Crippen LogP contribution in [0.5, 0.6) is 0 Å². The van der Waals surface area contributed by atoms with E-state index in [-0.39, 0.29) is 5.69 Å². The van der Waals surface area contributed by atoms with Crippen LogP contribution in [-0.4, -0.2) is 40.9 Å². The Bertz CT molecular complexity index is 452. The van der Waals surface area contributed by atoms with Gasteiger partial charge in [0, 0.05) is 14.1 Å². The van der Waals surface area contributed by atoms with E-state index in [2.05, 4.69) is 4.98 Å². The normalized spacial score (nSPS) is 14.5. The van der Waals surface area contributed by atoms with Crippen LogP contribution in [0.1, 0.15) is 18.7 Å². The van der Waals surface area contributed by atoms with Gasteiger partial charge in [0.2, 0.25) is 0 Å². The smallest absolute Gasteiger partial charge is 0.308 e. The second-order valence-corrected chi connectivity index (χ2v) is 6.22. The number of aliphatic hydroxyl groups is 1. The topological polar surface area (TPSA) is 75.4 Å². The van der Waals surface area contributed by atoms with Gasteiger partial charge in [0.15, 0.2) is 0 Å². The van der Waals surface area contributed by atoms with Gasteiger partial charge < -0.3 is 5.11 Å². The van der Waals surface area contributed by atoms with Crippen molar-refractivity contribution in [3.8, 4) is 0 Å². The lowest BCUT2D eigenvalue weighted by atomic mass is 10.3. The largest absolute Gasteiger partial charge is 0.387 e. The molecule has 1 N–H and O–H groups in total. The van der Waals surface area contributed by atoms with Gasteiger partial charge in [-0.3, -0.25) is 0 Å². The zero-order chi connectivity index (χ0) is 11.8. The number of hydrogen-bond donors (Lipinski definition) is 1. The van der Waals surface area contributed by atoms with Crippen molar-refractivity contribution in [2.45, 2.75) is 13.0 Å². The molecule has 0 spiro atoms. The molecule has 0 aliphatic heterocycles. The lowest BCUT2D eigenvalue weighted by molar-refractivity contribution is 0.192. The Morgan fingerprint density at radius 3 is 2.53 bits per heavy atom. The van der Waals surface area contributed by atoms with Crippen LogP contribution >= 0.6 is 22.6 Å². The Hall–Kier alpha value is -0.190. The number of halogens is 1. The van der Waals surface area contributed by atoms with Crippen molar-refractivity contribution >= 4 is 32.8 Å². The van der Waals surface area contributed by atoms with Crippen molar-refractivity contribution in [3.05, 3.63) is 15.7 Å². The van der Waals surface area contributed by atoms with Crippen molar-refractivity contribution in [2.75, 3.05) is 14.1 Å². The third-order valence-electron chi connectivity index (χ3n) is 1.83. The first-order valence-electron chi connectivity index (χ1n) is 4.12. The molecule has 8 heteroatoms. The summed E-state index contributed by atoms with van der Waals surface area (Å²) in [5.74, 6) is 0. The molecule has 1 rings (SSSR count). The van der Waals surface area contributed by atoms with Crippen molar-refractivity contribution < 1.29 is 13.5 Å². The fourth-order valence-electron chi connectivity index (χ4n) is 1.04. The highest BCUT2D eigenvalue weighted by molar-refractivity contribution is 14.1. The number of aliphatic hydroxyl groups excluding tert-OH is 1. The van der Waals surface area contributed by atoms with Crippen LogP contribution in [0.3, 0.4) is 0 Å². The van der Waals surface area contributed by atoms with Crippen molar-refractivity contribution in [1.82, 2.24) is 13.3 Å². The molecular weight excluding hydrogens is 333 g/mol. The van der Waals surface area contributed by atoms with Crippen LogP contribution in [0.15, 0.2) is 6.33 Å². The Balaban J connectivity index is 3.40. The fraction of sp³-hybridized carbons (Fsp3) is 0.571. The summed E-state index contributed by atoms with van der Waals surface area (Å²) >= 11 is 1.88. The highest BCUT2D eigenvalue weighted by Gasteiger charge is 2.24. The SMILES string of the molecule is CC(O)c1c(I)ncn1S(=O)(=O)N(C)C. The Morgan fingerprint density at radius 2 is 2.13 bits per heavy atom. The molecule has 0 aliphatic rings. The van der Waals surface area contributed by atoms with E-state index in [1.54, 1.807) is 0 Å². The zero-order valence-electron chi connectivity index (χ0n) is 8.55. The van der Waals surface area contributed by atoms with Crippen LogP contribution < -0.4 is 0 Å². The third-order valence-corrected chi connectivity index (χ3v) is 4.37. The summed E-state index contributed by atoms with van der Waals surface area (Å²) < 4.78 is 26.1. The molecule has 1 aromatic heterocycles. The standard InChI is InChI=1S/C7H12IN3O3S/c1-5(12)6-7(8)9-4-11(6)15(13,14)10(2)3/h4-5,12H,1-3H3. The average Bonchev–Trinajstić information content (AvgIpc) is 2.47. The van der Waals surface area contributed by atoms with E-state index < -0.39 is 16.3 Å². The number of rotatable bonds is 3. The molecule has 15 heavy (non-hydrogen) atoms. The van der Waals surface area contributed by atoms with Gasteiger partial charge in [-0.2, -0.15) is 12.7 Å². The Kier molecular flexibility index (Phi) is 3.74. The van der Waals surface area contributed by atoms with Gasteiger partial charge in [-0.15, -0.1) is 0 Å². The van der Waals surface area contributed by atoms with E-state index in [9.17, 15) is 13.5 Å². The molecule has 0 radical (unpaired) electrons. The van der Waals surface area contributed by atoms with E-state index in [0.29, 0.717) is 3.70 Å². The molecule has 86 valence electrons. The van der Waals surface area contributed by atoms with E-state index in [0.717, 1.165) is 8.28 Å². The van der Waals surface area contributed by atoms with Gasteiger partial charge in [0.25, 0.3) is 0 Å². The molecule has 1 atom stereocenters. The van der Waals surface area contributed by atoms with E-state index in [1.165, 1.54) is 27.3 Å². The lowest BCUT2D eigenvalue weighted by Gasteiger charge is -2.15. The minimum absolute atomic E-state index is 0.282. The Labute approximate surface area is 102 Å². The molecule has 6 nitrogen and oxygen atoms in total. The lowest BCUT2D eigenvalue weighted by Crippen LogP contribution is -2.30. The van der Waals surface area contributed by atoms with Crippen molar-refractivity contribution in [3.63, 3.8) is 0 Å². The molecule has 0 bridgehead atoms. The van der Waals surface area contributed by atoms with Crippen LogP contribution in [-0.2, 0) is 10.2 Å². The van der Waals surface area contributed by atoms with Crippen molar-refractivity contribution in [1.29, 1.82) is 0 Å². The molecule has 1 heterocycles. The summed E-state index contributed by atoms with van der Waals surface area (Å²) in [7, 11) is -0.760. The minimum atomic E-state index is -3.61. The molecule has 1 aromatic rings. The third kappa shape index (κ3) is 2.32. The summed E-state index contributed by atoms with van der Waals surface area (Å²) in [4.78, 5) is 3.87. The first kappa shape index (κ1) is 12.9. The van der Waals surface area contributed by atoms with Gasteiger partial charge in [-0.05, 0) is 29.5 Å². The number of nitrogens with zero attached hydrogens (tertiary/aromatic N) is 3. The van der Waals surface area contributed by atoms with Crippen LogP contribution in [0, 0.1) is 3.70 Å². The monoisotopic (exact) mass is 345 g/mol. The van der Waals surface area contributed by atoms with Gasteiger partial charge >= 0.3 is 10.2 Å². The second-order valence-electron chi connectivity index (χ2n) is 3.18. The summed E-state index contributed by atoms with van der Waals surface area (Å²) in [6, 6.07) is 0. The number of hydrogen-bond acceptors (Lipinski definition) is 4. The number of aromatic nitrogens is 2. The Morgan fingerprint density at radius 1 is 1.60 bits per heavy atom.